The van der Waals surface area contributed by atoms with Crippen molar-refractivity contribution in [3.05, 3.63) is 27.1 Å². The first-order chi connectivity index (χ1) is 7.49. The van der Waals surface area contributed by atoms with Gasteiger partial charge in [0, 0.05) is 46.8 Å². The van der Waals surface area contributed by atoms with Crippen LogP contribution < -0.4 is 5.32 Å². The Kier molecular flexibility index (Phi) is 5.04. The predicted octanol–water partition coefficient (Wildman–Crippen LogP) is 1.51. The first-order valence-electron chi connectivity index (χ1n) is 4.74. The van der Waals surface area contributed by atoms with Gasteiger partial charge < -0.3 is 5.32 Å². The number of hydrogen-bond acceptors (Lipinski definition) is 5. The van der Waals surface area contributed by atoms with Crippen molar-refractivity contribution < 1.29 is 9.13 Å². The van der Waals surface area contributed by atoms with E-state index >= 15 is 0 Å². The van der Waals surface area contributed by atoms with Crippen molar-refractivity contribution in [2.75, 3.05) is 12.0 Å². The largest absolute Gasteiger partial charge is 0.324 e. The zero-order valence-electron chi connectivity index (χ0n) is 9.13. The second-order valence-corrected chi connectivity index (χ2v) is 5.94. The second-order valence-electron chi connectivity index (χ2n) is 3.57. The molecule has 2 atom stereocenters. The zero-order chi connectivity index (χ0) is 12.1. The van der Waals surface area contributed by atoms with Gasteiger partial charge in [-0.2, -0.15) is 0 Å². The van der Waals surface area contributed by atoms with Crippen LogP contribution in [0.25, 0.3) is 0 Å². The van der Waals surface area contributed by atoms with Crippen LogP contribution in [0.3, 0.4) is 0 Å². The Morgan fingerprint density at radius 1 is 1.69 bits per heavy atom. The fraction of sp³-hybridized carbons (Fsp3) is 0.556. The Bertz CT molecular complexity index is 392. The molecule has 0 aliphatic carbocycles. The van der Waals surface area contributed by atoms with Crippen molar-refractivity contribution in [2.45, 2.75) is 19.5 Å². The van der Waals surface area contributed by atoms with E-state index in [1.807, 2.05) is 6.92 Å². The normalized spacial score (nSPS) is 14.6. The summed E-state index contributed by atoms with van der Waals surface area (Å²) in [6, 6.07) is 1.71. The fourth-order valence-electron chi connectivity index (χ4n) is 1.25. The molecular weight excluding hydrogens is 248 g/mol. The molecule has 0 spiro atoms. The average molecular weight is 262 g/mol. The molecule has 2 unspecified atom stereocenters. The summed E-state index contributed by atoms with van der Waals surface area (Å²) < 4.78 is 10.9. The molecule has 0 fully saturated rings. The van der Waals surface area contributed by atoms with Gasteiger partial charge in [0.25, 0.3) is 0 Å². The number of thiophene rings is 1. The van der Waals surface area contributed by atoms with Crippen LogP contribution in [0.4, 0.5) is 5.00 Å². The summed E-state index contributed by atoms with van der Waals surface area (Å²) in [5.41, 5.74) is 0.894. The highest BCUT2D eigenvalue weighted by Crippen LogP contribution is 2.22. The van der Waals surface area contributed by atoms with E-state index < -0.39 is 15.7 Å². The third kappa shape index (κ3) is 4.38. The summed E-state index contributed by atoms with van der Waals surface area (Å²) in [4.78, 5) is 10.1. The van der Waals surface area contributed by atoms with Gasteiger partial charge in [-0.15, -0.1) is 0 Å². The Labute approximate surface area is 100 Å². The Balaban J connectivity index is 2.42. The maximum Gasteiger partial charge on any atom is 0.324 e. The van der Waals surface area contributed by atoms with Crippen molar-refractivity contribution in [1.82, 2.24) is 5.32 Å². The van der Waals surface area contributed by atoms with Gasteiger partial charge >= 0.3 is 5.00 Å². The summed E-state index contributed by atoms with van der Waals surface area (Å²) in [6.45, 7) is 2.52. The van der Waals surface area contributed by atoms with E-state index in [-0.39, 0.29) is 11.0 Å². The topological polar surface area (TPSA) is 72.2 Å². The van der Waals surface area contributed by atoms with Crippen LogP contribution in [0.2, 0.25) is 0 Å². The number of rotatable bonds is 6. The number of hydrogen-bond donors (Lipinski definition) is 1. The average Bonchev–Trinajstić information content (AvgIpc) is 2.61. The maximum atomic E-state index is 10.9. The third-order valence-electron chi connectivity index (χ3n) is 1.96. The molecule has 16 heavy (non-hydrogen) atoms. The Hall–Kier alpha value is -0.790. The summed E-state index contributed by atoms with van der Waals surface area (Å²) >= 11 is 1.12. The molecule has 1 rings (SSSR count). The molecule has 90 valence electrons. The van der Waals surface area contributed by atoms with Crippen LogP contribution in [0.1, 0.15) is 12.5 Å². The molecule has 0 bridgehead atoms. The lowest BCUT2D eigenvalue weighted by Crippen LogP contribution is -2.30. The van der Waals surface area contributed by atoms with Crippen LogP contribution >= 0.6 is 11.3 Å². The summed E-state index contributed by atoms with van der Waals surface area (Å²) in [7, 11) is -0.824. The lowest BCUT2D eigenvalue weighted by atomic mass is 10.3. The minimum Gasteiger partial charge on any atom is -0.309 e. The molecule has 1 aromatic heterocycles. The highest BCUT2D eigenvalue weighted by molar-refractivity contribution is 7.84. The molecule has 1 aromatic rings. The van der Waals surface area contributed by atoms with Gasteiger partial charge in [0.15, 0.2) is 0 Å². The molecule has 0 aromatic carbocycles. The molecule has 0 aliphatic heterocycles. The summed E-state index contributed by atoms with van der Waals surface area (Å²) in [6.07, 6.45) is 1.66. The monoisotopic (exact) mass is 262 g/mol. The number of nitro groups is 1. The molecule has 0 amide bonds. The SMILES string of the molecule is CC(CS(C)=O)NCc1csc([N+](=O)[O-])c1. The standard InChI is InChI=1S/C9H14N2O3S2/c1-7(6-16(2)14)10-4-8-3-9(11(12)13)15-5-8/h3,5,7,10H,4,6H2,1-2H3. The lowest BCUT2D eigenvalue weighted by Gasteiger charge is -2.10. The first kappa shape index (κ1) is 13.3. The van der Waals surface area contributed by atoms with Crippen LogP contribution in [0.15, 0.2) is 11.4 Å². The molecule has 7 heteroatoms. The smallest absolute Gasteiger partial charge is 0.309 e. The van der Waals surface area contributed by atoms with Crippen LogP contribution in [-0.2, 0) is 17.3 Å². The van der Waals surface area contributed by atoms with Gasteiger partial charge in [-0.25, -0.2) is 0 Å². The van der Waals surface area contributed by atoms with Gasteiger partial charge in [-0.3, -0.25) is 14.3 Å². The lowest BCUT2D eigenvalue weighted by molar-refractivity contribution is -0.380. The minimum atomic E-state index is -0.824. The van der Waals surface area contributed by atoms with Crippen LogP contribution in [0, 0.1) is 10.1 Å². The molecule has 0 saturated carbocycles. The Morgan fingerprint density at radius 2 is 2.38 bits per heavy atom. The van der Waals surface area contributed by atoms with E-state index in [9.17, 15) is 14.3 Å². The van der Waals surface area contributed by atoms with E-state index in [2.05, 4.69) is 5.32 Å². The highest BCUT2D eigenvalue weighted by Gasteiger charge is 2.10. The maximum absolute atomic E-state index is 10.9. The van der Waals surface area contributed by atoms with Crippen molar-refractivity contribution in [3.63, 3.8) is 0 Å². The van der Waals surface area contributed by atoms with Gasteiger partial charge in [0.1, 0.15) is 0 Å². The molecular formula is C9H14N2O3S2. The molecule has 5 nitrogen and oxygen atoms in total. The molecule has 0 aliphatic rings. The van der Waals surface area contributed by atoms with Crippen molar-refractivity contribution in [1.29, 1.82) is 0 Å². The van der Waals surface area contributed by atoms with Crippen molar-refractivity contribution in [3.8, 4) is 0 Å². The van der Waals surface area contributed by atoms with Crippen LogP contribution in [0.5, 0.6) is 0 Å². The van der Waals surface area contributed by atoms with E-state index in [0.29, 0.717) is 12.3 Å². The van der Waals surface area contributed by atoms with E-state index in [1.54, 1.807) is 17.7 Å². The molecule has 0 radical (unpaired) electrons. The van der Waals surface area contributed by atoms with Crippen LogP contribution in [-0.4, -0.2) is 27.2 Å². The van der Waals surface area contributed by atoms with E-state index in [4.69, 9.17) is 0 Å². The molecule has 0 saturated heterocycles. The third-order valence-corrected chi connectivity index (χ3v) is 3.86. The van der Waals surface area contributed by atoms with E-state index in [1.165, 1.54) is 0 Å². The molecule has 1 heterocycles. The van der Waals surface area contributed by atoms with E-state index in [0.717, 1.165) is 16.9 Å². The fourth-order valence-corrected chi connectivity index (χ4v) is 2.81. The second kappa shape index (κ2) is 6.07. The highest BCUT2D eigenvalue weighted by atomic mass is 32.2. The van der Waals surface area contributed by atoms with Crippen molar-refractivity contribution in [2.24, 2.45) is 0 Å². The number of nitrogens with one attached hydrogen (secondary N) is 1. The van der Waals surface area contributed by atoms with Crippen molar-refractivity contribution >= 4 is 27.1 Å². The minimum absolute atomic E-state index is 0.143. The van der Waals surface area contributed by atoms with Gasteiger partial charge in [-0.1, -0.05) is 11.3 Å². The van der Waals surface area contributed by atoms with Gasteiger partial charge in [0.2, 0.25) is 0 Å². The number of nitrogens with zero attached hydrogens (tertiary/aromatic N) is 1. The quantitative estimate of drug-likeness (QED) is 0.623. The summed E-state index contributed by atoms with van der Waals surface area (Å²) in [5.74, 6) is 0.590. The van der Waals surface area contributed by atoms with Gasteiger partial charge in [0.05, 0.1) is 4.92 Å². The predicted molar refractivity (Wildman–Crippen MR) is 66.2 cm³/mol. The Morgan fingerprint density at radius 3 is 2.88 bits per heavy atom. The van der Waals surface area contributed by atoms with Gasteiger partial charge in [-0.05, 0) is 12.5 Å². The first-order valence-corrected chi connectivity index (χ1v) is 7.35. The summed E-state index contributed by atoms with van der Waals surface area (Å²) in [5, 5.41) is 15.5. The molecule has 1 N–H and O–H groups in total. The zero-order valence-corrected chi connectivity index (χ0v) is 10.8.